The first-order valence-electron chi connectivity index (χ1n) is 6.37. The normalized spacial score (nSPS) is 12.4. The van der Waals surface area contributed by atoms with Crippen LogP contribution in [-0.2, 0) is 6.54 Å². The van der Waals surface area contributed by atoms with Crippen molar-refractivity contribution in [3.8, 4) is 0 Å². The molecule has 0 aliphatic rings. The van der Waals surface area contributed by atoms with E-state index < -0.39 is 0 Å². The topological polar surface area (TPSA) is 41.0 Å². The molecule has 0 amide bonds. The predicted octanol–water partition coefficient (Wildman–Crippen LogP) is 2.76. The van der Waals surface area contributed by atoms with Crippen molar-refractivity contribution in [1.29, 1.82) is 0 Å². The number of aryl methyl sites for hydroxylation is 1. The van der Waals surface area contributed by atoms with E-state index in [2.05, 4.69) is 41.1 Å². The lowest BCUT2D eigenvalue weighted by Gasteiger charge is -2.14. The number of anilines is 1. The van der Waals surface area contributed by atoms with Gasteiger partial charge < -0.3 is 10.2 Å². The summed E-state index contributed by atoms with van der Waals surface area (Å²) in [6, 6.07) is 6.32. The van der Waals surface area contributed by atoms with Gasteiger partial charge in [-0.1, -0.05) is 6.07 Å². The average molecular weight is 276 g/mol. The molecule has 1 N–H and O–H groups in total. The SMILES string of the molecule is CNC(C)c1sc(N(C)Cc2ccccn2)nc1C. The minimum absolute atomic E-state index is 0.342. The summed E-state index contributed by atoms with van der Waals surface area (Å²) in [5.41, 5.74) is 2.16. The Kier molecular flexibility index (Phi) is 4.50. The van der Waals surface area contributed by atoms with Crippen molar-refractivity contribution in [1.82, 2.24) is 15.3 Å². The third-order valence-electron chi connectivity index (χ3n) is 3.10. The Morgan fingerprint density at radius 3 is 2.84 bits per heavy atom. The Bertz CT molecular complexity index is 523. The molecule has 0 spiro atoms. The van der Waals surface area contributed by atoms with E-state index in [-0.39, 0.29) is 0 Å². The second-order valence-corrected chi connectivity index (χ2v) is 5.64. The van der Waals surface area contributed by atoms with Crippen LogP contribution in [0.5, 0.6) is 0 Å². The summed E-state index contributed by atoms with van der Waals surface area (Å²) in [4.78, 5) is 12.4. The van der Waals surface area contributed by atoms with Crippen LogP contribution in [0.1, 0.15) is 29.2 Å². The van der Waals surface area contributed by atoms with E-state index in [9.17, 15) is 0 Å². The van der Waals surface area contributed by atoms with Gasteiger partial charge in [0.25, 0.3) is 0 Å². The molecule has 0 saturated heterocycles. The highest BCUT2D eigenvalue weighted by Crippen LogP contribution is 2.30. The summed E-state index contributed by atoms with van der Waals surface area (Å²) in [7, 11) is 4.03. The highest BCUT2D eigenvalue weighted by atomic mass is 32.1. The van der Waals surface area contributed by atoms with Crippen LogP contribution in [0.4, 0.5) is 5.13 Å². The molecule has 4 nitrogen and oxygen atoms in total. The quantitative estimate of drug-likeness (QED) is 0.911. The third-order valence-corrected chi connectivity index (χ3v) is 4.55. The number of aromatic nitrogens is 2. The standard InChI is InChI=1S/C14H20N4S/c1-10(15-3)13-11(2)17-14(19-13)18(4)9-12-7-5-6-8-16-12/h5-8,10,15H,9H2,1-4H3. The smallest absolute Gasteiger partial charge is 0.185 e. The maximum Gasteiger partial charge on any atom is 0.185 e. The highest BCUT2D eigenvalue weighted by Gasteiger charge is 2.15. The molecule has 2 heterocycles. The Morgan fingerprint density at radius 2 is 2.21 bits per heavy atom. The zero-order valence-corrected chi connectivity index (χ0v) is 12.7. The minimum atomic E-state index is 0.342. The van der Waals surface area contributed by atoms with Crippen LogP contribution in [0, 0.1) is 6.92 Å². The third kappa shape index (κ3) is 3.30. The summed E-state index contributed by atoms with van der Waals surface area (Å²) in [5, 5.41) is 4.31. The molecule has 0 fully saturated rings. The van der Waals surface area contributed by atoms with Gasteiger partial charge >= 0.3 is 0 Å². The van der Waals surface area contributed by atoms with Gasteiger partial charge in [0.2, 0.25) is 0 Å². The van der Waals surface area contributed by atoms with Crippen LogP contribution in [-0.4, -0.2) is 24.1 Å². The molecule has 5 heteroatoms. The monoisotopic (exact) mass is 276 g/mol. The van der Waals surface area contributed by atoms with E-state index in [0.29, 0.717) is 6.04 Å². The number of nitrogens with one attached hydrogen (secondary N) is 1. The molecule has 102 valence electrons. The summed E-state index contributed by atoms with van der Waals surface area (Å²) in [6.07, 6.45) is 1.82. The van der Waals surface area contributed by atoms with Crippen molar-refractivity contribution < 1.29 is 0 Å². The molecule has 0 radical (unpaired) electrons. The van der Waals surface area contributed by atoms with Gasteiger partial charge in [-0.3, -0.25) is 4.98 Å². The molecule has 19 heavy (non-hydrogen) atoms. The van der Waals surface area contributed by atoms with E-state index in [4.69, 9.17) is 0 Å². The van der Waals surface area contributed by atoms with Gasteiger partial charge in [0.15, 0.2) is 5.13 Å². The molecular formula is C14H20N4S. The molecule has 2 aromatic heterocycles. The maximum absolute atomic E-state index is 4.65. The first-order valence-corrected chi connectivity index (χ1v) is 7.19. The fourth-order valence-corrected chi connectivity index (χ4v) is 2.98. The lowest BCUT2D eigenvalue weighted by Crippen LogP contribution is -2.16. The van der Waals surface area contributed by atoms with Crippen molar-refractivity contribution in [3.05, 3.63) is 40.7 Å². The molecule has 2 aromatic rings. The van der Waals surface area contributed by atoms with Crippen LogP contribution in [0.25, 0.3) is 0 Å². The Balaban J connectivity index is 2.14. The summed E-state index contributed by atoms with van der Waals surface area (Å²) in [5.74, 6) is 0. The summed E-state index contributed by atoms with van der Waals surface area (Å²) in [6.45, 7) is 5.00. The first-order chi connectivity index (χ1) is 9.11. The van der Waals surface area contributed by atoms with Crippen molar-refractivity contribution in [2.45, 2.75) is 26.4 Å². The van der Waals surface area contributed by atoms with E-state index in [0.717, 1.165) is 23.1 Å². The number of pyridine rings is 1. The van der Waals surface area contributed by atoms with Gasteiger partial charge in [0.05, 0.1) is 17.9 Å². The van der Waals surface area contributed by atoms with Crippen molar-refractivity contribution in [3.63, 3.8) is 0 Å². The largest absolute Gasteiger partial charge is 0.345 e. The summed E-state index contributed by atoms with van der Waals surface area (Å²) < 4.78 is 0. The molecule has 1 unspecified atom stereocenters. The first kappa shape index (κ1) is 14.0. The molecule has 1 atom stereocenters. The molecule has 0 aromatic carbocycles. The van der Waals surface area contributed by atoms with Crippen molar-refractivity contribution in [2.75, 3.05) is 19.0 Å². The minimum Gasteiger partial charge on any atom is -0.345 e. The number of hydrogen-bond donors (Lipinski definition) is 1. The van der Waals surface area contributed by atoms with Gasteiger partial charge in [-0.2, -0.15) is 0 Å². The van der Waals surface area contributed by atoms with Crippen molar-refractivity contribution >= 4 is 16.5 Å². The van der Waals surface area contributed by atoms with E-state index in [1.807, 2.05) is 31.4 Å². The molecule has 0 aliphatic heterocycles. The Morgan fingerprint density at radius 1 is 1.42 bits per heavy atom. The molecule has 2 rings (SSSR count). The van der Waals surface area contributed by atoms with Gasteiger partial charge in [0.1, 0.15) is 0 Å². The van der Waals surface area contributed by atoms with Gasteiger partial charge in [-0.05, 0) is 33.0 Å². The van der Waals surface area contributed by atoms with Crippen LogP contribution in [0.15, 0.2) is 24.4 Å². The lowest BCUT2D eigenvalue weighted by atomic mass is 10.2. The average Bonchev–Trinajstić information content (AvgIpc) is 2.81. The Hall–Kier alpha value is -1.46. The highest BCUT2D eigenvalue weighted by molar-refractivity contribution is 7.15. The molecular weight excluding hydrogens is 256 g/mol. The molecule has 0 saturated carbocycles. The number of rotatable bonds is 5. The van der Waals surface area contributed by atoms with E-state index in [1.54, 1.807) is 11.3 Å². The second kappa shape index (κ2) is 6.12. The zero-order valence-electron chi connectivity index (χ0n) is 11.8. The van der Waals surface area contributed by atoms with Gasteiger partial charge in [-0.15, -0.1) is 11.3 Å². The van der Waals surface area contributed by atoms with Crippen LogP contribution >= 0.6 is 11.3 Å². The fourth-order valence-electron chi connectivity index (χ4n) is 1.89. The van der Waals surface area contributed by atoms with Crippen molar-refractivity contribution in [2.24, 2.45) is 0 Å². The van der Waals surface area contributed by atoms with Crippen LogP contribution in [0.2, 0.25) is 0 Å². The van der Waals surface area contributed by atoms with Crippen LogP contribution in [0.3, 0.4) is 0 Å². The number of hydrogen-bond acceptors (Lipinski definition) is 5. The lowest BCUT2D eigenvalue weighted by molar-refractivity contribution is 0.658. The van der Waals surface area contributed by atoms with E-state index >= 15 is 0 Å². The summed E-state index contributed by atoms with van der Waals surface area (Å²) >= 11 is 1.74. The van der Waals surface area contributed by atoms with Gasteiger partial charge in [-0.25, -0.2) is 4.98 Å². The van der Waals surface area contributed by atoms with E-state index in [1.165, 1.54) is 4.88 Å². The van der Waals surface area contributed by atoms with Gasteiger partial charge in [0, 0.05) is 24.2 Å². The fraction of sp³-hybridized carbons (Fsp3) is 0.429. The second-order valence-electron chi connectivity index (χ2n) is 4.63. The zero-order chi connectivity index (χ0) is 13.8. The predicted molar refractivity (Wildman–Crippen MR) is 80.7 cm³/mol. The maximum atomic E-state index is 4.65. The number of thiazole rings is 1. The van der Waals surface area contributed by atoms with Crippen LogP contribution < -0.4 is 10.2 Å². The molecule has 0 aliphatic carbocycles. The molecule has 0 bridgehead atoms. The number of nitrogens with zero attached hydrogens (tertiary/aromatic N) is 3. The Labute approximate surface area is 118 Å².